The smallest absolute Gasteiger partial charge is 0.232 e. The van der Waals surface area contributed by atoms with Crippen molar-refractivity contribution in [1.82, 2.24) is 15.1 Å². The van der Waals surface area contributed by atoms with E-state index in [1.165, 1.54) is 0 Å². The minimum Gasteiger partial charge on any atom is -0.379 e. The number of carbonyl (C=O) groups excluding carboxylic acids is 1. The second-order valence-electron chi connectivity index (χ2n) is 3.87. The molecule has 2 rings (SSSR count). The van der Waals surface area contributed by atoms with Gasteiger partial charge in [0.25, 0.3) is 0 Å². The number of ether oxygens (including phenoxy) is 1. The third-order valence-corrected chi connectivity index (χ3v) is 2.86. The molecule has 0 radical (unpaired) electrons. The van der Waals surface area contributed by atoms with Crippen molar-refractivity contribution < 1.29 is 9.53 Å². The molecule has 1 amide bonds. The summed E-state index contributed by atoms with van der Waals surface area (Å²) in [6.45, 7) is 1.05. The predicted octanol–water partition coefficient (Wildman–Crippen LogP) is -0.407. The van der Waals surface area contributed by atoms with Crippen molar-refractivity contribution in [3.05, 3.63) is 12.3 Å². The van der Waals surface area contributed by atoms with Gasteiger partial charge < -0.3 is 15.4 Å². The highest BCUT2D eigenvalue weighted by molar-refractivity contribution is 5.92. The monoisotopic (exact) mass is 224 g/mol. The third-order valence-electron chi connectivity index (χ3n) is 2.86. The van der Waals surface area contributed by atoms with Crippen LogP contribution in [0.4, 0.5) is 5.82 Å². The van der Waals surface area contributed by atoms with Gasteiger partial charge in [0.2, 0.25) is 5.91 Å². The maximum Gasteiger partial charge on any atom is 0.232 e. The highest BCUT2D eigenvalue weighted by Gasteiger charge is 2.33. The largest absolute Gasteiger partial charge is 0.379 e. The van der Waals surface area contributed by atoms with E-state index >= 15 is 0 Å². The van der Waals surface area contributed by atoms with Crippen molar-refractivity contribution >= 4 is 11.7 Å². The van der Waals surface area contributed by atoms with E-state index in [1.807, 2.05) is 7.05 Å². The Morgan fingerprint density at radius 1 is 1.62 bits per heavy atom. The van der Waals surface area contributed by atoms with Crippen molar-refractivity contribution in [3.63, 3.8) is 0 Å². The number of likely N-dealkylation sites (N-methyl/N-ethyl adjacent to an activating group) is 1. The van der Waals surface area contributed by atoms with E-state index in [9.17, 15) is 4.79 Å². The molecule has 2 atom stereocenters. The number of nitrogens with zero attached hydrogens (tertiary/aromatic N) is 2. The van der Waals surface area contributed by atoms with Crippen LogP contribution in [-0.2, 0) is 16.6 Å². The molecule has 2 N–H and O–H groups in total. The summed E-state index contributed by atoms with van der Waals surface area (Å²) in [5.74, 6) is 0.534. The van der Waals surface area contributed by atoms with E-state index in [-0.39, 0.29) is 17.9 Å². The second-order valence-corrected chi connectivity index (χ2v) is 3.87. The lowest BCUT2D eigenvalue weighted by Crippen LogP contribution is -2.39. The Hall–Kier alpha value is -1.40. The molecule has 1 aromatic heterocycles. The Labute approximate surface area is 94.0 Å². The van der Waals surface area contributed by atoms with Gasteiger partial charge in [-0.25, -0.2) is 0 Å². The van der Waals surface area contributed by atoms with Crippen molar-refractivity contribution in [3.8, 4) is 0 Å². The molecular formula is C10H16N4O2. The van der Waals surface area contributed by atoms with Crippen LogP contribution in [0.25, 0.3) is 0 Å². The SMILES string of the molecule is CNC1COCC1C(=O)Nc1ccnn1C. The lowest BCUT2D eigenvalue weighted by molar-refractivity contribution is -0.120. The molecule has 1 aliphatic heterocycles. The van der Waals surface area contributed by atoms with E-state index in [4.69, 9.17) is 4.74 Å². The van der Waals surface area contributed by atoms with E-state index in [0.717, 1.165) is 0 Å². The standard InChI is InChI=1S/C10H16N4O2/c1-11-8-6-16-5-7(8)10(15)13-9-3-4-12-14(9)2/h3-4,7-8,11H,5-6H2,1-2H3,(H,13,15). The first kappa shape index (κ1) is 11.1. The number of aryl methyl sites for hydroxylation is 1. The average molecular weight is 224 g/mol. The molecule has 1 saturated heterocycles. The summed E-state index contributed by atoms with van der Waals surface area (Å²) in [4.78, 5) is 12.0. The minimum atomic E-state index is -0.139. The summed E-state index contributed by atoms with van der Waals surface area (Å²) < 4.78 is 6.91. The first-order valence-electron chi connectivity index (χ1n) is 5.26. The average Bonchev–Trinajstić information content (AvgIpc) is 2.87. The maximum absolute atomic E-state index is 12.0. The number of amides is 1. The van der Waals surface area contributed by atoms with Gasteiger partial charge in [-0.15, -0.1) is 0 Å². The molecule has 1 aliphatic rings. The fraction of sp³-hybridized carbons (Fsp3) is 0.600. The summed E-state index contributed by atoms with van der Waals surface area (Å²) in [6.07, 6.45) is 1.65. The van der Waals surface area contributed by atoms with Crippen molar-refractivity contribution in [2.75, 3.05) is 25.6 Å². The highest BCUT2D eigenvalue weighted by atomic mass is 16.5. The molecule has 2 heterocycles. The number of hydrogen-bond acceptors (Lipinski definition) is 4. The van der Waals surface area contributed by atoms with Crippen LogP contribution in [0, 0.1) is 5.92 Å². The van der Waals surface area contributed by atoms with Gasteiger partial charge in [-0.1, -0.05) is 0 Å². The first-order chi connectivity index (χ1) is 7.72. The maximum atomic E-state index is 12.0. The summed E-state index contributed by atoms with van der Waals surface area (Å²) in [7, 11) is 3.63. The molecule has 6 heteroatoms. The zero-order chi connectivity index (χ0) is 11.5. The third kappa shape index (κ3) is 2.07. The van der Waals surface area contributed by atoms with E-state index in [0.29, 0.717) is 19.0 Å². The molecule has 0 spiro atoms. The molecule has 88 valence electrons. The molecule has 1 aromatic rings. The number of nitrogens with one attached hydrogen (secondary N) is 2. The molecule has 0 saturated carbocycles. The normalized spacial score (nSPS) is 24.6. The fourth-order valence-electron chi connectivity index (χ4n) is 1.81. The van der Waals surface area contributed by atoms with Gasteiger partial charge in [-0.05, 0) is 7.05 Å². The number of aromatic nitrogens is 2. The van der Waals surface area contributed by atoms with Crippen molar-refractivity contribution in [1.29, 1.82) is 0 Å². The van der Waals surface area contributed by atoms with Crippen LogP contribution in [0.1, 0.15) is 0 Å². The number of rotatable bonds is 3. The van der Waals surface area contributed by atoms with Gasteiger partial charge in [-0.3, -0.25) is 9.48 Å². The fourth-order valence-corrected chi connectivity index (χ4v) is 1.81. The lowest BCUT2D eigenvalue weighted by atomic mass is 10.0. The number of hydrogen-bond donors (Lipinski definition) is 2. The second kappa shape index (κ2) is 4.63. The molecule has 0 bridgehead atoms. The number of carbonyl (C=O) groups is 1. The van der Waals surface area contributed by atoms with Gasteiger partial charge in [0.15, 0.2) is 0 Å². The van der Waals surface area contributed by atoms with Crippen LogP contribution in [0.15, 0.2) is 12.3 Å². The zero-order valence-electron chi connectivity index (χ0n) is 9.43. The first-order valence-corrected chi connectivity index (χ1v) is 5.26. The lowest BCUT2D eigenvalue weighted by Gasteiger charge is -2.16. The van der Waals surface area contributed by atoms with Crippen LogP contribution in [0.2, 0.25) is 0 Å². The Morgan fingerprint density at radius 3 is 3.06 bits per heavy atom. The van der Waals surface area contributed by atoms with Crippen LogP contribution >= 0.6 is 0 Å². The van der Waals surface area contributed by atoms with E-state index in [1.54, 1.807) is 24.0 Å². The predicted molar refractivity (Wildman–Crippen MR) is 59.0 cm³/mol. The molecule has 1 fully saturated rings. The van der Waals surface area contributed by atoms with Gasteiger partial charge >= 0.3 is 0 Å². The Morgan fingerprint density at radius 2 is 2.44 bits per heavy atom. The van der Waals surface area contributed by atoms with Crippen molar-refractivity contribution in [2.45, 2.75) is 6.04 Å². The molecule has 16 heavy (non-hydrogen) atoms. The zero-order valence-corrected chi connectivity index (χ0v) is 9.43. The summed E-state index contributed by atoms with van der Waals surface area (Å²) in [5.41, 5.74) is 0. The summed E-state index contributed by atoms with van der Waals surface area (Å²) >= 11 is 0. The van der Waals surface area contributed by atoms with Gasteiger partial charge in [0.1, 0.15) is 5.82 Å². The highest BCUT2D eigenvalue weighted by Crippen LogP contribution is 2.16. The van der Waals surface area contributed by atoms with Gasteiger partial charge in [-0.2, -0.15) is 5.10 Å². The Balaban J connectivity index is 2.00. The molecule has 0 aromatic carbocycles. The van der Waals surface area contributed by atoms with Crippen LogP contribution in [-0.4, -0.2) is 42.0 Å². The molecule has 6 nitrogen and oxygen atoms in total. The minimum absolute atomic E-state index is 0.0274. The quantitative estimate of drug-likeness (QED) is 0.732. The molecule has 0 aliphatic carbocycles. The van der Waals surface area contributed by atoms with Gasteiger partial charge in [0, 0.05) is 19.2 Å². The van der Waals surface area contributed by atoms with E-state index in [2.05, 4.69) is 15.7 Å². The molecule has 2 unspecified atom stereocenters. The van der Waals surface area contributed by atoms with Crippen LogP contribution < -0.4 is 10.6 Å². The topological polar surface area (TPSA) is 68.2 Å². The summed E-state index contributed by atoms with van der Waals surface area (Å²) in [6, 6.07) is 1.86. The van der Waals surface area contributed by atoms with Crippen LogP contribution in [0.5, 0.6) is 0 Å². The Kier molecular flexibility index (Phi) is 3.21. The summed E-state index contributed by atoms with van der Waals surface area (Å²) in [5, 5.41) is 9.91. The van der Waals surface area contributed by atoms with Crippen LogP contribution in [0.3, 0.4) is 0 Å². The molecular weight excluding hydrogens is 208 g/mol. The number of anilines is 1. The van der Waals surface area contributed by atoms with E-state index < -0.39 is 0 Å². The van der Waals surface area contributed by atoms with Crippen molar-refractivity contribution in [2.24, 2.45) is 13.0 Å². The van der Waals surface area contributed by atoms with Gasteiger partial charge in [0.05, 0.1) is 25.3 Å². The Bertz CT molecular complexity index is 377.